The van der Waals surface area contributed by atoms with Crippen LogP contribution in [0.25, 0.3) is 0 Å². The molecule has 5 heteroatoms. The zero-order chi connectivity index (χ0) is 19.8. The fourth-order valence-electron chi connectivity index (χ4n) is 4.68. The topological polar surface area (TPSA) is 55.8 Å². The molecule has 3 aliphatic heterocycles. The van der Waals surface area contributed by atoms with Crippen LogP contribution >= 0.6 is 0 Å². The molecule has 0 aliphatic carbocycles. The van der Waals surface area contributed by atoms with Crippen LogP contribution in [-0.2, 0) is 19.2 Å². The number of rotatable bonds is 15. The fourth-order valence-corrected chi connectivity index (χ4v) is 4.68. The molecule has 3 aliphatic rings. The lowest BCUT2D eigenvalue weighted by molar-refractivity contribution is -0.192. The van der Waals surface area contributed by atoms with Crippen LogP contribution < -0.4 is 0 Å². The van der Waals surface area contributed by atoms with Gasteiger partial charge >= 0.3 is 0 Å². The molecule has 0 aromatic carbocycles. The average molecular weight is 392 g/mol. The van der Waals surface area contributed by atoms with Gasteiger partial charge in [-0.25, -0.2) is 0 Å². The van der Waals surface area contributed by atoms with Gasteiger partial charge in [0.15, 0.2) is 0 Å². The predicted octanol–water partition coefficient (Wildman–Crippen LogP) is 4.95. The van der Waals surface area contributed by atoms with Gasteiger partial charge in [0.1, 0.15) is 0 Å². The van der Waals surface area contributed by atoms with Crippen molar-refractivity contribution in [3.8, 4) is 0 Å². The number of imide groups is 1. The van der Waals surface area contributed by atoms with E-state index in [-0.39, 0.29) is 35.9 Å². The van der Waals surface area contributed by atoms with Gasteiger partial charge in [-0.1, -0.05) is 96.1 Å². The van der Waals surface area contributed by atoms with Crippen LogP contribution in [0, 0.1) is 11.8 Å². The van der Waals surface area contributed by atoms with Gasteiger partial charge in [-0.2, -0.15) is 5.06 Å². The quantitative estimate of drug-likeness (QED) is 0.225. The molecule has 0 aromatic rings. The molecule has 3 heterocycles. The first-order chi connectivity index (χ1) is 13.7. The molecule has 0 N–H and O–H groups in total. The van der Waals surface area contributed by atoms with Crippen LogP contribution in [0.2, 0.25) is 0 Å². The van der Waals surface area contributed by atoms with Gasteiger partial charge in [0.05, 0.1) is 30.7 Å². The first-order valence-electron chi connectivity index (χ1n) is 11.6. The molecule has 2 bridgehead atoms. The number of fused-ring (bicyclic) bond motifs is 5. The summed E-state index contributed by atoms with van der Waals surface area (Å²) >= 11 is 0. The Morgan fingerprint density at radius 2 is 1.18 bits per heavy atom. The molecule has 0 saturated carbocycles. The lowest BCUT2D eigenvalue weighted by Gasteiger charge is -2.16. The second-order valence-electron chi connectivity index (χ2n) is 8.55. The van der Waals surface area contributed by atoms with Crippen LogP contribution in [-0.4, -0.2) is 35.7 Å². The monoisotopic (exact) mass is 391 g/mol. The summed E-state index contributed by atoms with van der Waals surface area (Å²) in [6.45, 7) is 2.71. The molecular formula is C23H37NO4. The van der Waals surface area contributed by atoms with E-state index in [4.69, 9.17) is 9.57 Å². The Labute approximate surface area is 169 Å². The standard InChI is InChI=1S/C23H37NO4/c1-2-3-4-5-6-7-8-9-10-11-12-13-14-17-27-24-22(25)20-18-15-16-19(28-18)21(20)23(24)26/h15-16,18-21H,2-14,17H2,1H3. The van der Waals surface area contributed by atoms with Crippen LogP contribution in [0.4, 0.5) is 0 Å². The van der Waals surface area contributed by atoms with Crippen LogP contribution in [0.5, 0.6) is 0 Å². The van der Waals surface area contributed by atoms with E-state index in [0.717, 1.165) is 17.9 Å². The maximum Gasteiger partial charge on any atom is 0.260 e. The number of hydroxylamine groups is 2. The Morgan fingerprint density at radius 3 is 1.64 bits per heavy atom. The molecule has 3 rings (SSSR count). The van der Waals surface area contributed by atoms with E-state index in [1.54, 1.807) is 0 Å². The van der Waals surface area contributed by atoms with E-state index in [1.807, 2.05) is 12.2 Å². The van der Waals surface area contributed by atoms with Gasteiger partial charge in [0, 0.05) is 0 Å². The number of nitrogens with zero attached hydrogens (tertiary/aromatic N) is 1. The second-order valence-corrected chi connectivity index (χ2v) is 8.55. The molecule has 0 aromatic heterocycles. The lowest BCUT2D eigenvalue weighted by atomic mass is 9.85. The molecule has 4 atom stereocenters. The Hall–Kier alpha value is -1.20. The molecule has 0 radical (unpaired) electrons. The highest BCUT2D eigenvalue weighted by atomic mass is 16.7. The third-order valence-electron chi connectivity index (χ3n) is 6.34. The molecule has 5 nitrogen and oxygen atoms in total. The summed E-state index contributed by atoms with van der Waals surface area (Å²) in [6, 6.07) is 0. The third-order valence-corrected chi connectivity index (χ3v) is 6.34. The van der Waals surface area contributed by atoms with Crippen molar-refractivity contribution in [1.29, 1.82) is 0 Å². The molecule has 28 heavy (non-hydrogen) atoms. The van der Waals surface area contributed by atoms with Crippen molar-refractivity contribution < 1.29 is 19.2 Å². The number of unbranched alkanes of at least 4 members (excludes halogenated alkanes) is 12. The van der Waals surface area contributed by atoms with Crippen molar-refractivity contribution in [1.82, 2.24) is 5.06 Å². The van der Waals surface area contributed by atoms with Crippen molar-refractivity contribution in [2.45, 2.75) is 103 Å². The highest BCUT2D eigenvalue weighted by Gasteiger charge is 2.61. The minimum Gasteiger partial charge on any atom is -0.365 e. The highest BCUT2D eigenvalue weighted by Crippen LogP contribution is 2.45. The first kappa shape index (κ1) is 21.5. The normalized spacial score (nSPS) is 28.0. The number of hydrogen-bond acceptors (Lipinski definition) is 4. The summed E-state index contributed by atoms with van der Waals surface area (Å²) in [5.74, 6) is -1.17. The molecule has 2 fully saturated rings. The molecular weight excluding hydrogens is 354 g/mol. The zero-order valence-corrected chi connectivity index (χ0v) is 17.4. The van der Waals surface area contributed by atoms with E-state index in [0.29, 0.717) is 6.61 Å². The van der Waals surface area contributed by atoms with Gasteiger partial charge in [-0.05, 0) is 6.42 Å². The number of ether oxygens (including phenoxy) is 1. The van der Waals surface area contributed by atoms with Gasteiger partial charge < -0.3 is 4.74 Å². The SMILES string of the molecule is CCCCCCCCCCCCCCCON1C(=O)C2C3C=CC(O3)C2C1=O. The van der Waals surface area contributed by atoms with E-state index < -0.39 is 0 Å². The maximum atomic E-state index is 12.4. The summed E-state index contributed by atoms with van der Waals surface area (Å²) in [5.41, 5.74) is 0. The van der Waals surface area contributed by atoms with Gasteiger partial charge in [0.2, 0.25) is 0 Å². The van der Waals surface area contributed by atoms with Gasteiger partial charge in [-0.15, -0.1) is 0 Å². The Balaban J connectivity index is 1.15. The molecule has 0 spiro atoms. The zero-order valence-electron chi connectivity index (χ0n) is 17.4. The summed E-state index contributed by atoms with van der Waals surface area (Å²) in [7, 11) is 0. The predicted molar refractivity (Wildman–Crippen MR) is 108 cm³/mol. The van der Waals surface area contributed by atoms with Crippen molar-refractivity contribution >= 4 is 11.8 Å². The van der Waals surface area contributed by atoms with Crippen molar-refractivity contribution in [3.63, 3.8) is 0 Å². The van der Waals surface area contributed by atoms with Crippen LogP contribution in [0.3, 0.4) is 0 Å². The minimum absolute atomic E-state index is 0.221. The minimum atomic E-state index is -0.367. The number of carbonyl (C=O) groups excluding carboxylic acids is 2. The summed E-state index contributed by atoms with van der Waals surface area (Å²) in [6.07, 6.45) is 20.1. The number of amides is 2. The summed E-state index contributed by atoms with van der Waals surface area (Å²) < 4.78 is 5.62. The Bertz CT molecular complexity index is 517. The van der Waals surface area contributed by atoms with Crippen LogP contribution in [0.1, 0.15) is 90.4 Å². The van der Waals surface area contributed by atoms with Gasteiger partial charge in [-0.3, -0.25) is 14.4 Å². The maximum absolute atomic E-state index is 12.4. The van der Waals surface area contributed by atoms with Crippen molar-refractivity contribution in [2.75, 3.05) is 6.61 Å². The van der Waals surface area contributed by atoms with Crippen molar-refractivity contribution in [3.05, 3.63) is 12.2 Å². The molecule has 158 valence electrons. The van der Waals surface area contributed by atoms with E-state index >= 15 is 0 Å². The second kappa shape index (κ2) is 11.1. The average Bonchev–Trinajstić information content (AvgIpc) is 3.37. The largest absolute Gasteiger partial charge is 0.365 e. The Morgan fingerprint density at radius 1 is 0.750 bits per heavy atom. The smallest absolute Gasteiger partial charge is 0.260 e. The third kappa shape index (κ3) is 5.24. The first-order valence-corrected chi connectivity index (χ1v) is 11.6. The van der Waals surface area contributed by atoms with Crippen LogP contribution in [0.15, 0.2) is 12.2 Å². The van der Waals surface area contributed by atoms with E-state index in [1.165, 1.54) is 70.6 Å². The molecule has 2 saturated heterocycles. The fraction of sp³-hybridized carbons (Fsp3) is 0.826. The van der Waals surface area contributed by atoms with E-state index in [9.17, 15) is 9.59 Å². The van der Waals surface area contributed by atoms with E-state index in [2.05, 4.69) is 6.92 Å². The number of hydrogen-bond donors (Lipinski definition) is 0. The molecule has 4 unspecified atom stereocenters. The van der Waals surface area contributed by atoms with Crippen molar-refractivity contribution in [2.24, 2.45) is 11.8 Å². The lowest BCUT2D eigenvalue weighted by Crippen LogP contribution is -2.34. The Kier molecular flexibility index (Phi) is 8.53. The van der Waals surface area contributed by atoms with Gasteiger partial charge in [0.25, 0.3) is 11.8 Å². The summed E-state index contributed by atoms with van der Waals surface area (Å²) in [4.78, 5) is 30.4. The summed E-state index contributed by atoms with van der Waals surface area (Å²) in [5, 5.41) is 1.02. The molecule has 2 amide bonds. The highest BCUT2D eigenvalue weighted by molar-refractivity contribution is 6.05. The number of carbonyl (C=O) groups is 2.